The minimum atomic E-state index is -0.513. The van der Waals surface area contributed by atoms with E-state index in [0.29, 0.717) is 12.8 Å². The van der Waals surface area contributed by atoms with Gasteiger partial charge in [-0.25, -0.2) is 4.79 Å². The fraction of sp³-hybridized carbons (Fsp3) is 0.533. The smallest absolute Gasteiger partial charge is 0.407 e. The predicted octanol–water partition coefficient (Wildman–Crippen LogP) is 2.50. The van der Waals surface area contributed by atoms with Gasteiger partial charge >= 0.3 is 6.09 Å². The topological polar surface area (TPSA) is 58.6 Å². The molecule has 0 heterocycles. The van der Waals surface area contributed by atoms with Crippen LogP contribution in [-0.4, -0.2) is 29.4 Å². The highest BCUT2D eigenvalue weighted by Gasteiger charge is 2.19. The Labute approximate surface area is 114 Å². The second-order valence-electron chi connectivity index (χ2n) is 5.55. The normalized spacial score (nSPS) is 12.8. The summed E-state index contributed by atoms with van der Waals surface area (Å²) in [6, 6.07) is 9.74. The molecule has 0 radical (unpaired) electrons. The van der Waals surface area contributed by atoms with Crippen molar-refractivity contribution >= 4 is 6.09 Å². The minimum absolute atomic E-state index is 0.0350. The molecule has 1 aromatic carbocycles. The van der Waals surface area contributed by atoms with Crippen LogP contribution < -0.4 is 5.32 Å². The maximum Gasteiger partial charge on any atom is 0.407 e. The molecule has 1 rings (SSSR count). The van der Waals surface area contributed by atoms with Gasteiger partial charge in [0.1, 0.15) is 5.60 Å². The van der Waals surface area contributed by atoms with E-state index in [1.807, 2.05) is 51.1 Å². The molecule has 1 amide bonds. The molecule has 0 spiro atoms. The maximum absolute atomic E-state index is 11.7. The average Bonchev–Trinajstić information content (AvgIpc) is 2.27. The van der Waals surface area contributed by atoms with Gasteiger partial charge in [0, 0.05) is 12.6 Å². The van der Waals surface area contributed by atoms with Crippen molar-refractivity contribution in [3.8, 4) is 0 Å². The standard InChI is InChI=1S/C15H23NO3/c1-15(2,3)19-14(18)16-13(9-10-17)11-12-7-5-4-6-8-12/h4-8,13,17H,9-11H2,1-3H3,(H,16,18). The third-order valence-corrected chi connectivity index (χ3v) is 2.52. The van der Waals surface area contributed by atoms with Crippen LogP contribution in [0, 0.1) is 0 Å². The Balaban J connectivity index is 2.55. The van der Waals surface area contributed by atoms with Crippen LogP contribution in [0.2, 0.25) is 0 Å². The first-order valence-corrected chi connectivity index (χ1v) is 6.55. The summed E-state index contributed by atoms with van der Waals surface area (Å²) in [6.07, 6.45) is 0.747. The van der Waals surface area contributed by atoms with Crippen molar-refractivity contribution < 1.29 is 14.6 Å². The van der Waals surface area contributed by atoms with Gasteiger partial charge in [0.25, 0.3) is 0 Å². The summed E-state index contributed by atoms with van der Waals surface area (Å²) in [7, 11) is 0. The molecule has 19 heavy (non-hydrogen) atoms. The zero-order valence-corrected chi connectivity index (χ0v) is 11.8. The monoisotopic (exact) mass is 265 g/mol. The number of hydrogen-bond donors (Lipinski definition) is 2. The fourth-order valence-electron chi connectivity index (χ4n) is 1.75. The summed E-state index contributed by atoms with van der Waals surface area (Å²) >= 11 is 0. The number of ether oxygens (including phenoxy) is 1. The zero-order valence-electron chi connectivity index (χ0n) is 11.8. The molecule has 106 valence electrons. The number of aliphatic hydroxyl groups is 1. The Kier molecular flexibility index (Phi) is 5.83. The molecule has 1 aromatic rings. The molecule has 0 fully saturated rings. The summed E-state index contributed by atoms with van der Waals surface area (Å²) in [5.74, 6) is 0. The maximum atomic E-state index is 11.7. The van der Waals surface area contributed by atoms with Crippen molar-refractivity contribution in [1.82, 2.24) is 5.32 Å². The fourth-order valence-corrected chi connectivity index (χ4v) is 1.75. The number of rotatable bonds is 5. The summed E-state index contributed by atoms with van der Waals surface area (Å²) in [5, 5.41) is 11.9. The molecule has 0 saturated carbocycles. The molecule has 0 aromatic heterocycles. The first-order valence-electron chi connectivity index (χ1n) is 6.55. The van der Waals surface area contributed by atoms with Crippen molar-refractivity contribution in [2.24, 2.45) is 0 Å². The summed E-state index contributed by atoms with van der Waals surface area (Å²) in [5.41, 5.74) is 0.609. The van der Waals surface area contributed by atoms with Crippen LogP contribution in [0.4, 0.5) is 4.79 Å². The van der Waals surface area contributed by atoms with Crippen LogP contribution in [0.3, 0.4) is 0 Å². The molecule has 2 N–H and O–H groups in total. The number of carbonyl (C=O) groups excluding carboxylic acids is 1. The molecule has 0 bridgehead atoms. The molecule has 1 atom stereocenters. The second kappa shape index (κ2) is 7.14. The Hall–Kier alpha value is -1.55. The molecule has 0 aliphatic carbocycles. The number of amides is 1. The predicted molar refractivity (Wildman–Crippen MR) is 75.0 cm³/mol. The van der Waals surface area contributed by atoms with Crippen LogP contribution in [0.15, 0.2) is 30.3 Å². The molecule has 1 unspecified atom stereocenters. The second-order valence-corrected chi connectivity index (χ2v) is 5.55. The van der Waals surface area contributed by atoms with Crippen molar-refractivity contribution in [3.05, 3.63) is 35.9 Å². The number of benzene rings is 1. The largest absolute Gasteiger partial charge is 0.444 e. The summed E-state index contributed by atoms with van der Waals surface area (Å²) in [4.78, 5) is 11.7. The van der Waals surface area contributed by atoms with E-state index in [1.165, 1.54) is 0 Å². The molecule has 4 heteroatoms. The number of carbonyl (C=O) groups is 1. The third kappa shape index (κ3) is 6.82. The molecule has 0 saturated heterocycles. The number of nitrogens with one attached hydrogen (secondary N) is 1. The Morgan fingerprint density at radius 3 is 2.47 bits per heavy atom. The Bertz CT molecular complexity index is 384. The lowest BCUT2D eigenvalue weighted by Gasteiger charge is -2.23. The summed E-state index contributed by atoms with van der Waals surface area (Å²) < 4.78 is 5.22. The van der Waals surface area contributed by atoms with Crippen LogP contribution in [0.25, 0.3) is 0 Å². The van der Waals surface area contributed by atoms with E-state index >= 15 is 0 Å². The van der Waals surface area contributed by atoms with Crippen molar-refractivity contribution in [1.29, 1.82) is 0 Å². The lowest BCUT2D eigenvalue weighted by Crippen LogP contribution is -2.40. The van der Waals surface area contributed by atoms with Gasteiger partial charge in [0.15, 0.2) is 0 Å². The van der Waals surface area contributed by atoms with Gasteiger partial charge in [0.05, 0.1) is 0 Å². The SMILES string of the molecule is CC(C)(C)OC(=O)NC(CCO)Cc1ccccc1. The van der Waals surface area contributed by atoms with Gasteiger partial charge < -0.3 is 15.2 Å². The zero-order chi connectivity index (χ0) is 14.3. The molecule has 4 nitrogen and oxygen atoms in total. The molecule has 0 aliphatic heterocycles. The quantitative estimate of drug-likeness (QED) is 0.860. The van der Waals surface area contributed by atoms with E-state index < -0.39 is 11.7 Å². The lowest BCUT2D eigenvalue weighted by molar-refractivity contribution is 0.0497. The van der Waals surface area contributed by atoms with E-state index in [2.05, 4.69) is 5.32 Å². The number of hydrogen-bond acceptors (Lipinski definition) is 3. The van der Waals surface area contributed by atoms with Gasteiger partial charge in [0.2, 0.25) is 0 Å². The van der Waals surface area contributed by atoms with E-state index in [9.17, 15) is 4.79 Å². The van der Waals surface area contributed by atoms with E-state index in [-0.39, 0.29) is 12.6 Å². The van der Waals surface area contributed by atoms with Crippen LogP contribution in [0.5, 0.6) is 0 Å². The number of aliphatic hydroxyl groups excluding tert-OH is 1. The Morgan fingerprint density at radius 1 is 1.32 bits per heavy atom. The van der Waals surface area contributed by atoms with Crippen molar-refractivity contribution in [2.75, 3.05) is 6.61 Å². The first-order chi connectivity index (χ1) is 8.90. The summed E-state index contributed by atoms with van der Waals surface area (Å²) in [6.45, 7) is 5.51. The van der Waals surface area contributed by atoms with Crippen LogP contribution in [-0.2, 0) is 11.2 Å². The van der Waals surface area contributed by atoms with E-state index in [0.717, 1.165) is 5.56 Å². The molecule has 0 aliphatic rings. The minimum Gasteiger partial charge on any atom is -0.444 e. The van der Waals surface area contributed by atoms with Gasteiger partial charge in [-0.2, -0.15) is 0 Å². The van der Waals surface area contributed by atoms with Gasteiger partial charge in [-0.3, -0.25) is 0 Å². The van der Waals surface area contributed by atoms with E-state index in [1.54, 1.807) is 0 Å². The highest BCUT2D eigenvalue weighted by Crippen LogP contribution is 2.09. The van der Waals surface area contributed by atoms with Crippen molar-refractivity contribution in [3.63, 3.8) is 0 Å². The van der Waals surface area contributed by atoms with Crippen LogP contribution in [0.1, 0.15) is 32.8 Å². The van der Waals surface area contributed by atoms with Crippen molar-refractivity contribution in [2.45, 2.75) is 45.3 Å². The van der Waals surface area contributed by atoms with Gasteiger partial charge in [-0.15, -0.1) is 0 Å². The highest BCUT2D eigenvalue weighted by atomic mass is 16.6. The van der Waals surface area contributed by atoms with Crippen LogP contribution >= 0.6 is 0 Å². The molecular weight excluding hydrogens is 242 g/mol. The van der Waals surface area contributed by atoms with Gasteiger partial charge in [-0.1, -0.05) is 30.3 Å². The highest BCUT2D eigenvalue weighted by molar-refractivity contribution is 5.68. The average molecular weight is 265 g/mol. The third-order valence-electron chi connectivity index (χ3n) is 2.52. The first kappa shape index (κ1) is 15.5. The van der Waals surface area contributed by atoms with E-state index in [4.69, 9.17) is 9.84 Å². The number of alkyl carbamates (subject to hydrolysis) is 1. The lowest BCUT2D eigenvalue weighted by atomic mass is 10.0. The molecular formula is C15H23NO3. The Morgan fingerprint density at radius 2 is 1.95 bits per heavy atom. The van der Waals surface area contributed by atoms with Gasteiger partial charge in [-0.05, 0) is 39.2 Å².